The summed E-state index contributed by atoms with van der Waals surface area (Å²) in [4.78, 5) is 30.5. The molecule has 1 saturated heterocycles. The van der Waals surface area contributed by atoms with Crippen LogP contribution in [0.1, 0.15) is 46.2 Å². The van der Waals surface area contributed by atoms with E-state index in [0.29, 0.717) is 19.0 Å². The normalized spacial score (nSPS) is 15.6. The van der Waals surface area contributed by atoms with Crippen LogP contribution < -0.4 is 5.32 Å². The van der Waals surface area contributed by atoms with Gasteiger partial charge >= 0.3 is 6.18 Å². The van der Waals surface area contributed by atoms with Crippen molar-refractivity contribution in [3.63, 3.8) is 0 Å². The van der Waals surface area contributed by atoms with Crippen LogP contribution in [0.3, 0.4) is 0 Å². The van der Waals surface area contributed by atoms with Crippen LogP contribution >= 0.6 is 11.3 Å². The number of aromatic nitrogens is 1. The van der Waals surface area contributed by atoms with Crippen LogP contribution in [0.4, 0.5) is 18.3 Å². The Balaban J connectivity index is 1.71. The highest BCUT2D eigenvalue weighted by Crippen LogP contribution is 2.32. The number of carbonyl (C=O) groups is 2. The van der Waals surface area contributed by atoms with Gasteiger partial charge in [-0.1, -0.05) is 19.1 Å². The summed E-state index contributed by atoms with van der Waals surface area (Å²) in [6.45, 7) is 3.44. The molecule has 0 unspecified atom stereocenters. The van der Waals surface area contributed by atoms with Gasteiger partial charge in [-0.25, -0.2) is 4.98 Å². The van der Waals surface area contributed by atoms with Gasteiger partial charge in [0.1, 0.15) is 5.69 Å². The quantitative estimate of drug-likeness (QED) is 0.841. The zero-order chi connectivity index (χ0) is 19.6. The zero-order valence-electron chi connectivity index (χ0n) is 14.5. The van der Waals surface area contributed by atoms with Crippen molar-refractivity contribution in [2.45, 2.75) is 25.9 Å². The monoisotopic (exact) mass is 397 g/mol. The second-order valence-electron chi connectivity index (χ2n) is 6.51. The van der Waals surface area contributed by atoms with Gasteiger partial charge < -0.3 is 4.90 Å². The Labute approximate surface area is 158 Å². The first-order valence-corrected chi connectivity index (χ1v) is 9.36. The molecule has 2 amide bonds. The van der Waals surface area contributed by atoms with Gasteiger partial charge in [0, 0.05) is 18.5 Å². The third-order valence-electron chi connectivity index (χ3n) is 4.49. The Kier molecular flexibility index (Phi) is 5.50. The molecule has 0 saturated carbocycles. The molecule has 0 bridgehead atoms. The van der Waals surface area contributed by atoms with Gasteiger partial charge in [0.05, 0.1) is 11.1 Å². The maximum atomic E-state index is 13.0. The van der Waals surface area contributed by atoms with Gasteiger partial charge in [0.2, 0.25) is 0 Å². The predicted molar refractivity (Wildman–Crippen MR) is 95.8 cm³/mol. The second kappa shape index (κ2) is 7.67. The molecule has 0 radical (unpaired) electrons. The summed E-state index contributed by atoms with van der Waals surface area (Å²) in [5, 5.41) is 3.95. The van der Waals surface area contributed by atoms with E-state index in [9.17, 15) is 22.8 Å². The Hall–Kier alpha value is -2.42. The zero-order valence-corrected chi connectivity index (χ0v) is 15.4. The molecule has 1 aliphatic rings. The van der Waals surface area contributed by atoms with Crippen LogP contribution in [0.25, 0.3) is 0 Å². The summed E-state index contributed by atoms with van der Waals surface area (Å²) in [7, 11) is 0. The molecule has 5 nitrogen and oxygen atoms in total. The van der Waals surface area contributed by atoms with Crippen molar-refractivity contribution in [2.24, 2.45) is 5.92 Å². The van der Waals surface area contributed by atoms with Gasteiger partial charge in [0.25, 0.3) is 11.8 Å². The first-order chi connectivity index (χ1) is 12.8. The van der Waals surface area contributed by atoms with Crippen LogP contribution in [0.2, 0.25) is 0 Å². The van der Waals surface area contributed by atoms with Crippen molar-refractivity contribution in [1.29, 1.82) is 0 Å². The topological polar surface area (TPSA) is 62.3 Å². The second-order valence-corrected chi connectivity index (χ2v) is 7.37. The van der Waals surface area contributed by atoms with E-state index in [4.69, 9.17) is 0 Å². The van der Waals surface area contributed by atoms with E-state index >= 15 is 0 Å². The van der Waals surface area contributed by atoms with Crippen molar-refractivity contribution in [3.05, 3.63) is 46.5 Å². The third-order valence-corrected chi connectivity index (χ3v) is 5.25. The predicted octanol–water partition coefficient (Wildman–Crippen LogP) is 4.29. The fourth-order valence-electron chi connectivity index (χ4n) is 2.90. The maximum Gasteiger partial charge on any atom is 0.417 e. The molecule has 0 aliphatic carbocycles. The van der Waals surface area contributed by atoms with Crippen molar-refractivity contribution in [3.8, 4) is 0 Å². The molecule has 144 valence electrons. The van der Waals surface area contributed by atoms with E-state index in [2.05, 4.69) is 17.2 Å². The molecule has 9 heteroatoms. The van der Waals surface area contributed by atoms with Crippen LogP contribution in [-0.2, 0) is 6.18 Å². The van der Waals surface area contributed by atoms with Gasteiger partial charge in [0.15, 0.2) is 5.13 Å². The van der Waals surface area contributed by atoms with E-state index in [1.165, 1.54) is 17.5 Å². The van der Waals surface area contributed by atoms with Crippen LogP contribution in [-0.4, -0.2) is 34.8 Å². The molecule has 0 atom stereocenters. The Morgan fingerprint density at radius 2 is 1.89 bits per heavy atom. The lowest BCUT2D eigenvalue weighted by Gasteiger charge is -2.29. The smallest absolute Gasteiger partial charge is 0.337 e. The number of nitrogens with zero attached hydrogens (tertiary/aromatic N) is 2. The molecule has 27 heavy (non-hydrogen) atoms. The Bertz CT molecular complexity index is 842. The van der Waals surface area contributed by atoms with Crippen molar-refractivity contribution in [1.82, 2.24) is 9.88 Å². The van der Waals surface area contributed by atoms with Crippen LogP contribution in [0, 0.1) is 5.92 Å². The average Bonchev–Trinajstić information content (AvgIpc) is 3.09. The molecule has 2 heterocycles. The average molecular weight is 397 g/mol. The number of piperidine rings is 1. The number of alkyl halides is 3. The maximum absolute atomic E-state index is 13.0. The number of thiazole rings is 1. The summed E-state index contributed by atoms with van der Waals surface area (Å²) in [5.41, 5.74) is -1.31. The number of rotatable bonds is 3. The lowest BCUT2D eigenvalue weighted by atomic mass is 9.99. The molecule has 1 aromatic carbocycles. The van der Waals surface area contributed by atoms with E-state index in [-0.39, 0.29) is 16.7 Å². The third kappa shape index (κ3) is 4.47. The highest BCUT2D eigenvalue weighted by Gasteiger charge is 2.35. The number of halogens is 3. The number of likely N-dealkylation sites (tertiary alicyclic amines) is 1. The lowest BCUT2D eigenvalue weighted by molar-refractivity contribution is -0.137. The molecule has 1 N–H and O–H groups in total. The molecule has 0 spiro atoms. The van der Waals surface area contributed by atoms with Gasteiger partial charge in [-0.05, 0) is 30.9 Å². The van der Waals surface area contributed by atoms with Crippen LogP contribution in [0.15, 0.2) is 29.6 Å². The first-order valence-electron chi connectivity index (χ1n) is 8.48. The van der Waals surface area contributed by atoms with Crippen molar-refractivity contribution in [2.75, 3.05) is 18.4 Å². The number of anilines is 1. The molecular formula is C18H18F3N3O2S. The number of amides is 2. The van der Waals surface area contributed by atoms with Gasteiger partial charge in [-0.3, -0.25) is 14.9 Å². The lowest BCUT2D eigenvalue weighted by Crippen LogP contribution is -2.38. The van der Waals surface area contributed by atoms with Gasteiger partial charge in [-0.2, -0.15) is 13.2 Å². The highest BCUT2D eigenvalue weighted by atomic mass is 32.1. The number of hydrogen-bond acceptors (Lipinski definition) is 4. The minimum atomic E-state index is -4.64. The highest BCUT2D eigenvalue weighted by molar-refractivity contribution is 7.14. The Morgan fingerprint density at radius 3 is 2.56 bits per heavy atom. The van der Waals surface area contributed by atoms with E-state index in [1.807, 2.05) is 0 Å². The molecular weight excluding hydrogens is 379 g/mol. The molecule has 2 aromatic rings. The molecule has 1 fully saturated rings. The molecule has 1 aromatic heterocycles. The largest absolute Gasteiger partial charge is 0.417 e. The molecule has 1 aliphatic heterocycles. The van der Waals surface area contributed by atoms with E-state index < -0.39 is 23.2 Å². The minimum absolute atomic E-state index is 0.0886. The summed E-state index contributed by atoms with van der Waals surface area (Å²) in [5.74, 6) is -0.564. The SMILES string of the molecule is CC1CCN(C(=O)c2csc(NC(=O)c3ccccc3C(F)(F)F)n2)CC1. The van der Waals surface area contributed by atoms with Crippen LogP contribution in [0.5, 0.6) is 0 Å². The van der Waals surface area contributed by atoms with E-state index in [1.54, 1.807) is 4.90 Å². The standard InChI is InChI=1S/C18H18F3N3O2S/c1-11-6-8-24(9-7-11)16(26)14-10-27-17(22-14)23-15(25)12-4-2-3-5-13(12)18(19,20)21/h2-5,10-11H,6-9H2,1H3,(H,22,23,25). The number of nitrogens with one attached hydrogen (secondary N) is 1. The summed E-state index contributed by atoms with van der Waals surface area (Å²) in [6, 6.07) is 4.54. The van der Waals surface area contributed by atoms with Gasteiger partial charge in [-0.15, -0.1) is 11.3 Å². The molecule has 3 rings (SSSR count). The Morgan fingerprint density at radius 1 is 1.22 bits per heavy atom. The summed E-state index contributed by atoms with van der Waals surface area (Å²) >= 11 is 1.01. The summed E-state index contributed by atoms with van der Waals surface area (Å²) in [6.07, 6.45) is -2.79. The number of hydrogen-bond donors (Lipinski definition) is 1. The summed E-state index contributed by atoms with van der Waals surface area (Å²) < 4.78 is 39.1. The minimum Gasteiger partial charge on any atom is -0.337 e. The van der Waals surface area contributed by atoms with Crippen molar-refractivity contribution < 1.29 is 22.8 Å². The fraction of sp³-hybridized carbons (Fsp3) is 0.389. The number of benzene rings is 1. The van der Waals surface area contributed by atoms with E-state index in [0.717, 1.165) is 36.3 Å². The first kappa shape index (κ1) is 19.3. The number of carbonyl (C=O) groups excluding carboxylic acids is 2. The van der Waals surface area contributed by atoms with Crippen molar-refractivity contribution >= 4 is 28.3 Å². The fourth-order valence-corrected chi connectivity index (χ4v) is 3.58.